The molecule has 7 nitrogen and oxygen atoms in total. The van der Waals surface area contributed by atoms with Gasteiger partial charge in [-0.1, -0.05) is 25.3 Å². The molecule has 1 saturated carbocycles. The van der Waals surface area contributed by atoms with E-state index < -0.39 is 0 Å². The van der Waals surface area contributed by atoms with Crippen LogP contribution in [0.4, 0.5) is 0 Å². The van der Waals surface area contributed by atoms with Gasteiger partial charge in [0, 0.05) is 26.7 Å². The second kappa shape index (κ2) is 11.4. The van der Waals surface area contributed by atoms with Crippen molar-refractivity contribution in [2.24, 2.45) is 4.99 Å². The van der Waals surface area contributed by atoms with E-state index in [2.05, 4.69) is 15.6 Å². The van der Waals surface area contributed by atoms with E-state index in [-0.39, 0.29) is 12.5 Å². The van der Waals surface area contributed by atoms with E-state index in [0.29, 0.717) is 12.0 Å². The lowest BCUT2D eigenvalue weighted by Gasteiger charge is -2.24. The number of nitrogens with one attached hydrogen (secondary N) is 2. The van der Waals surface area contributed by atoms with Gasteiger partial charge < -0.3 is 25.0 Å². The first-order valence-electron chi connectivity index (χ1n) is 9.99. The van der Waals surface area contributed by atoms with Crippen molar-refractivity contribution in [3.8, 4) is 11.5 Å². The fourth-order valence-corrected chi connectivity index (χ4v) is 3.51. The summed E-state index contributed by atoms with van der Waals surface area (Å²) in [6.45, 7) is 1.00. The van der Waals surface area contributed by atoms with Gasteiger partial charge in [-0.25, -0.2) is 0 Å². The molecule has 1 aromatic carbocycles. The first-order chi connectivity index (χ1) is 13.6. The lowest BCUT2D eigenvalue weighted by molar-refractivity contribution is -0.120. The van der Waals surface area contributed by atoms with Crippen LogP contribution in [0, 0.1) is 0 Å². The highest BCUT2D eigenvalue weighted by atomic mass is 16.5. The monoisotopic (exact) mass is 390 g/mol. The molecule has 1 aromatic rings. The molecule has 0 saturated heterocycles. The highest BCUT2D eigenvalue weighted by Crippen LogP contribution is 2.27. The molecule has 0 aliphatic heterocycles. The summed E-state index contributed by atoms with van der Waals surface area (Å²) in [5.41, 5.74) is 1.15. The summed E-state index contributed by atoms with van der Waals surface area (Å²) < 4.78 is 10.6. The van der Waals surface area contributed by atoms with Crippen LogP contribution in [0.5, 0.6) is 11.5 Å². The first-order valence-corrected chi connectivity index (χ1v) is 9.99. The van der Waals surface area contributed by atoms with Gasteiger partial charge in [0.25, 0.3) is 0 Å². The Balaban J connectivity index is 1.79. The maximum absolute atomic E-state index is 12.2. The average Bonchev–Trinajstić information content (AvgIpc) is 2.73. The fourth-order valence-electron chi connectivity index (χ4n) is 3.51. The first kappa shape index (κ1) is 21.9. The van der Waals surface area contributed by atoms with Crippen molar-refractivity contribution >= 4 is 11.9 Å². The number of hydrogen-bond acceptors (Lipinski definition) is 4. The third-order valence-corrected chi connectivity index (χ3v) is 5.13. The SMILES string of the molecule is CN=C(NCC(=O)NC1CCCCC1)N(C)CCc1ccc(OC)c(OC)c1. The maximum Gasteiger partial charge on any atom is 0.239 e. The topological polar surface area (TPSA) is 75.2 Å². The van der Waals surface area contributed by atoms with Gasteiger partial charge in [0.1, 0.15) is 0 Å². The largest absolute Gasteiger partial charge is 0.493 e. The van der Waals surface area contributed by atoms with Crippen LogP contribution in [0.25, 0.3) is 0 Å². The minimum absolute atomic E-state index is 0.0290. The number of carbonyl (C=O) groups excluding carboxylic acids is 1. The Morgan fingerprint density at radius 1 is 1.18 bits per heavy atom. The molecule has 0 bridgehead atoms. The second-order valence-corrected chi connectivity index (χ2v) is 7.16. The summed E-state index contributed by atoms with van der Waals surface area (Å²) in [5.74, 6) is 2.19. The Morgan fingerprint density at radius 3 is 2.54 bits per heavy atom. The predicted molar refractivity (Wildman–Crippen MR) is 112 cm³/mol. The molecule has 1 aliphatic carbocycles. The molecule has 1 aliphatic rings. The second-order valence-electron chi connectivity index (χ2n) is 7.16. The van der Waals surface area contributed by atoms with Crippen LogP contribution in [-0.4, -0.2) is 64.2 Å². The molecule has 1 fully saturated rings. The van der Waals surface area contributed by atoms with Crippen LogP contribution < -0.4 is 20.1 Å². The third kappa shape index (κ3) is 6.62. The van der Waals surface area contributed by atoms with Crippen LogP contribution >= 0.6 is 0 Å². The number of carbonyl (C=O) groups is 1. The molecule has 28 heavy (non-hydrogen) atoms. The lowest BCUT2D eigenvalue weighted by atomic mass is 9.95. The summed E-state index contributed by atoms with van der Waals surface area (Å²) in [7, 11) is 6.96. The number of benzene rings is 1. The van der Waals surface area contributed by atoms with Gasteiger partial charge in [-0.15, -0.1) is 0 Å². The van der Waals surface area contributed by atoms with E-state index in [1.165, 1.54) is 19.3 Å². The third-order valence-electron chi connectivity index (χ3n) is 5.13. The smallest absolute Gasteiger partial charge is 0.239 e. The van der Waals surface area contributed by atoms with Crippen molar-refractivity contribution in [1.29, 1.82) is 0 Å². The highest BCUT2D eigenvalue weighted by molar-refractivity contribution is 5.86. The molecular formula is C21H34N4O3. The standard InChI is InChI=1S/C21H34N4O3/c1-22-21(23-15-20(26)24-17-8-6-5-7-9-17)25(2)13-12-16-10-11-18(27-3)19(14-16)28-4/h10-11,14,17H,5-9,12-13,15H2,1-4H3,(H,22,23)(H,24,26). The van der Waals surface area contributed by atoms with E-state index in [1.54, 1.807) is 21.3 Å². The van der Waals surface area contributed by atoms with Crippen LogP contribution in [-0.2, 0) is 11.2 Å². The molecule has 0 spiro atoms. The van der Waals surface area contributed by atoms with Crippen molar-refractivity contribution in [2.45, 2.75) is 44.6 Å². The minimum Gasteiger partial charge on any atom is -0.493 e. The molecule has 7 heteroatoms. The van der Waals surface area contributed by atoms with Crippen LogP contribution in [0.2, 0.25) is 0 Å². The zero-order chi connectivity index (χ0) is 20.4. The maximum atomic E-state index is 12.2. The van der Waals surface area contributed by atoms with E-state index in [4.69, 9.17) is 9.47 Å². The van der Waals surface area contributed by atoms with Crippen molar-refractivity contribution in [2.75, 3.05) is 41.4 Å². The zero-order valence-corrected chi connectivity index (χ0v) is 17.6. The summed E-state index contributed by atoms with van der Waals surface area (Å²) in [6, 6.07) is 6.26. The zero-order valence-electron chi connectivity index (χ0n) is 17.6. The van der Waals surface area contributed by atoms with Crippen LogP contribution in [0.15, 0.2) is 23.2 Å². The number of ether oxygens (including phenoxy) is 2. The van der Waals surface area contributed by atoms with E-state index in [9.17, 15) is 4.79 Å². The summed E-state index contributed by atoms with van der Waals surface area (Å²) in [6.07, 6.45) is 6.70. The number of amides is 1. The van der Waals surface area contributed by atoms with E-state index in [1.807, 2.05) is 30.1 Å². The normalized spacial score (nSPS) is 15.1. The number of guanidine groups is 1. The summed E-state index contributed by atoms with van der Waals surface area (Å²) in [5, 5.41) is 6.27. The van der Waals surface area contributed by atoms with Gasteiger partial charge in [0.05, 0.1) is 20.8 Å². The Kier molecular flexibility index (Phi) is 8.91. The minimum atomic E-state index is 0.0290. The van der Waals surface area contributed by atoms with Crippen molar-refractivity contribution in [1.82, 2.24) is 15.5 Å². The number of nitrogens with zero attached hydrogens (tertiary/aromatic N) is 2. The lowest BCUT2D eigenvalue weighted by Crippen LogP contribution is -2.46. The number of aliphatic imine (C=N–C) groups is 1. The number of likely N-dealkylation sites (N-methyl/N-ethyl adjacent to an activating group) is 1. The number of hydrogen-bond donors (Lipinski definition) is 2. The summed E-state index contributed by atoms with van der Waals surface area (Å²) >= 11 is 0. The van der Waals surface area contributed by atoms with Crippen molar-refractivity contribution in [3.05, 3.63) is 23.8 Å². The molecule has 0 aromatic heterocycles. The average molecular weight is 391 g/mol. The van der Waals surface area contributed by atoms with Crippen LogP contribution in [0.3, 0.4) is 0 Å². The Hall–Kier alpha value is -2.44. The highest BCUT2D eigenvalue weighted by Gasteiger charge is 2.16. The summed E-state index contributed by atoms with van der Waals surface area (Å²) in [4.78, 5) is 18.5. The van der Waals surface area contributed by atoms with Gasteiger partial charge in [0.15, 0.2) is 17.5 Å². The van der Waals surface area contributed by atoms with Crippen molar-refractivity contribution < 1.29 is 14.3 Å². The fraction of sp³-hybridized carbons (Fsp3) is 0.619. The van der Waals surface area contributed by atoms with E-state index >= 15 is 0 Å². The molecule has 0 heterocycles. The number of rotatable bonds is 8. The van der Waals surface area contributed by atoms with Gasteiger partial charge in [0.2, 0.25) is 5.91 Å². The molecular weight excluding hydrogens is 356 g/mol. The van der Waals surface area contributed by atoms with Gasteiger partial charge in [-0.2, -0.15) is 0 Å². The predicted octanol–water partition coefficient (Wildman–Crippen LogP) is 2.20. The van der Waals surface area contributed by atoms with Gasteiger partial charge in [-0.3, -0.25) is 9.79 Å². The molecule has 0 radical (unpaired) electrons. The van der Waals surface area contributed by atoms with Crippen LogP contribution in [0.1, 0.15) is 37.7 Å². The Labute approximate surface area is 168 Å². The number of methoxy groups -OCH3 is 2. The van der Waals surface area contributed by atoms with Gasteiger partial charge >= 0.3 is 0 Å². The van der Waals surface area contributed by atoms with E-state index in [0.717, 1.165) is 42.9 Å². The quantitative estimate of drug-likeness (QED) is 0.526. The molecule has 0 unspecified atom stereocenters. The molecule has 156 valence electrons. The molecule has 1 amide bonds. The molecule has 2 N–H and O–H groups in total. The molecule has 2 rings (SSSR count). The Bertz CT molecular complexity index is 657. The van der Waals surface area contributed by atoms with Crippen molar-refractivity contribution in [3.63, 3.8) is 0 Å². The Morgan fingerprint density at radius 2 is 1.89 bits per heavy atom. The van der Waals surface area contributed by atoms with Gasteiger partial charge in [-0.05, 0) is 37.0 Å². The molecule has 0 atom stereocenters.